The van der Waals surface area contributed by atoms with Crippen LogP contribution in [0, 0.1) is 6.92 Å². The first kappa shape index (κ1) is 17.9. The molecule has 7 nitrogen and oxygen atoms in total. The number of aromatic hydroxyl groups is 1. The Labute approximate surface area is 169 Å². The van der Waals surface area contributed by atoms with Crippen LogP contribution >= 0.6 is 0 Å². The van der Waals surface area contributed by atoms with Crippen molar-refractivity contribution >= 4 is 27.5 Å². The molecular weight excluding hydrogens is 364 g/mol. The van der Waals surface area contributed by atoms with E-state index in [1.807, 2.05) is 45.5 Å². The second kappa shape index (κ2) is 6.70. The number of likely N-dealkylation sites (N-methyl/N-ethyl adjacent to an activating group) is 1. The van der Waals surface area contributed by atoms with Crippen LogP contribution in [0.2, 0.25) is 0 Å². The van der Waals surface area contributed by atoms with Crippen molar-refractivity contribution in [3.63, 3.8) is 0 Å². The third-order valence-corrected chi connectivity index (χ3v) is 5.89. The summed E-state index contributed by atoms with van der Waals surface area (Å²) in [5, 5.41) is 20.5. The van der Waals surface area contributed by atoms with Crippen LogP contribution in [0.15, 0.2) is 36.7 Å². The Morgan fingerprint density at radius 2 is 2.07 bits per heavy atom. The average molecular weight is 388 g/mol. The fourth-order valence-electron chi connectivity index (χ4n) is 4.19. The third kappa shape index (κ3) is 2.98. The Morgan fingerprint density at radius 3 is 2.86 bits per heavy atom. The highest BCUT2D eigenvalue weighted by Crippen LogP contribution is 2.36. The van der Waals surface area contributed by atoms with Crippen LogP contribution in [0.5, 0.6) is 5.75 Å². The molecule has 0 aliphatic carbocycles. The lowest BCUT2D eigenvalue weighted by Gasteiger charge is -2.19. The predicted octanol–water partition coefficient (Wildman–Crippen LogP) is 3.00. The maximum Gasteiger partial charge on any atom is 0.163 e. The molecule has 0 saturated carbocycles. The summed E-state index contributed by atoms with van der Waals surface area (Å²) >= 11 is 0. The van der Waals surface area contributed by atoms with Gasteiger partial charge >= 0.3 is 0 Å². The minimum Gasteiger partial charge on any atom is -0.507 e. The van der Waals surface area contributed by atoms with E-state index in [0.717, 1.165) is 46.9 Å². The summed E-state index contributed by atoms with van der Waals surface area (Å²) in [6.07, 6.45) is 4.93. The van der Waals surface area contributed by atoms with Gasteiger partial charge in [0.05, 0.1) is 16.6 Å². The highest BCUT2D eigenvalue weighted by molar-refractivity contribution is 5.91. The first-order chi connectivity index (χ1) is 14.0. The molecule has 2 N–H and O–H groups in total. The number of fused-ring (bicyclic) bond motifs is 2. The molecular formula is C22H24N6O. The van der Waals surface area contributed by atoms with Crippen molar-refractivity contribution in [3.8, 4) is 17.1 Å². The maximum absolute atomic E-state index is 10.7. The number of benzene rings is 2. The number of anilines is 1. The minimum absolute atomic E-state index is 0.183. The number of aromatic nitrogens is 4. The van der Waals surface area contributed by atoms with Crippen molar-refractivity contribution in [2.45, 2.75) is 19.4 Å². The third-order valence-electron chi connectivity index (χ3n) is 5.89. The topological polar surface area (TPSA) is 79.1 Å². The van der Waals surface area contributed by atoms with E-state index in [0.29, 0.717) is 17.4 Å². The standard InChI is InChI=1S/C22H24N6O/c1-13-20-15(11-27(3)26-20)9-18(21(13)29)22-24-10-14-8-17(4-5-19(14)25-22)28-7-6-16(12-28)23-2/h4-5,8-11,16,23,29H,6-7,12H2,1-3H3/t16-/m0/s1. The molecule has 2 aromatic heterocycles. The number of phenolic OH excluding ortho intramolecular Hbond substituents is 1. The highest BCUT2D eigenvalue weighted by Gasteiger charge is 2.21. The molecule has 0 spiro atoms. The van der Waals surface area contributed by atoms with Gasteiger partial charge in [-0.2, -0.15) is 5.10 Å². The summed E-state index contributed by atoms with van der Waals surface area (Å²) in [7, 11) is 3.89. The van der Waals surface area contributed by atoms with E-state index in [1.54, 1.807) is 4.68 Å². The fraction of sp³-hybridized carbons (Fsp3) is 0.318. The number of hydrogen-bond acceptors (Lipinski definition) is 6. The molecule has 1 saturated heterocycles. The fourth-order valence-corrected chi connectivity index (χ4v) is 4.19. The number of nitrogens with one attached hydrogen (secondary N) is 1. The largest absolute Gasteiger partial charge is 0.507 e. The Hall–Kier alpha value is -3.19. The number of aryl methyl sites for hydroxylation is 2. The zero-order valence-corrected chi connectivity index (χ0v) is 16.8. The Bertz CT molecular complexity index is 1230. The monoisotopic (exact) mass is 388 g/mol. The SMILES string of the molecule is CN[C@H]1CCN(c2ccc3nc(-c4cc5cn(C)nc5c(C)c4O)ncc3c2)C1. The number of rotatable bonds is 3. The zero-order valence-electron chi connectivity index (χ0n) is 16.8. The summed E-state index contributed by atoms with van der Waals surface area (Å²) in [6.45, 7) is 3.93. The van der Waals surface area contributed by atoms with E-state index < -0.39 is 0 Å². The summed E-state index contributed by atoms with van der Waals surface area (Å²) in [6, 6.07) is 8.74. The molecule has 1 aliphatic rings. The number of hydrogen-bond donors (Lipinski definition) is 2. The van der Waals surface area contributed by atoms with E-state index >= 15 is 0 Å². The molecule has 5 rings (SSSR count). The molecule has 0 bridgehead atoms. The van der Waals surface area contributed by atoms with Gasteiger partial charge in [-0.05, 0) is 44.7 Å². The van der Waals surface area contributed by atoms with Crippen molar-refractivity contribution in [2.24, 2.45) is 7.05 Å². The lowest BCUT2D eigenvalue weighted by Crippen LogP contribution is -2.29. The van der Waals surface area contributed by atoms with Gasteiger partial charge in [0.2, 0.25) is 0 Å². The van der Waals surface area contributed by atoms with Crippen molar-refractivity contribution in [1.82, 2.24) is 25.1 Å². The molecule has 29 heavy (non-hydrogen) atoms. The van der Waals surface area contributed by atoms with Gasteiger partial charge in [0.25, 0.3) is 0 Å². The summed E-state index contributed by atoms with van der Waals surface area (Å²) < 4.78 is 1.75. The summed E-state index contributed by atoms with van der Waals surface area (Å²) in [5.74, 6) is 0.704. The second-order valence-corrected chi connectivity index (χ2v) is 7.80. The molecule has 4 aromatic rings. The summed E-state index contributed by atoms with van der Waals surface area (Å²) in [5.41, 5.74) is 4.23. The van der Waals surface area contributed by atoms with Crippen LogP contribution in [-0.4, -0.2) is 51.0 Å². The lowest BCUT2D eigenvalue weighted by molar-refractivity contribution is 0.473. The number of phenols is 1. The molecule has 2 aromatic carbocycles. The normalized spacial score (nSPS) is 16.9. The van der Waals surface area contributed by atoms with Gasteiger partial charge in [-0.15, -0.1) is 0 Å². The van der Waals surface area contributed by atoms with Crippen molar-refractivity contribution < 1.29 is 5.11 Å². The van der Waals surface area contributed by atoms with Crippen LogP contribution in [0.4, 0.5) is 5.69 Å². The van der Waals surface area contributed by atoms with Gasteiger partial charge in [-0.25, -0.2) is 9.97 Å². The van der Waals surface area contributed by atoms with E-state index in [4.69, 9.17) is 4.98 Å². The van der Waals surface area contributed by atoms with E-state index in [1.165, 1.54) is 5.69 Å². The molecule has 1 atom stereocenters. The molecule has 1 aliphatic heterocycles. The quantitative estimate of drug-likeness (QED) is 0.562. The molecule has 1 fully saturated rings. The van der Waals surface area contributed by atoms with Crippen molar-refractivity contribution in [2.75, 3.05) is 25.0 Å². The van der Waals surface area contributed by atoms with Gasteiger partial charge in [0.1, 0.15) is 5.75 Å². The first-order valence-electron chi connectivity index (χ1n) is 9.89. The second-order valence-electron chi connectivity index (χ2n) is 7.80. The molecule has 0 amide bonds. The van der Waals surface area contributed by atoms with Gasteiger partial charge in [0, 0.05) is 60.6 Å². The molecule has 0 unspecified atom stereocenters. The lowest BCUT2D eigenvalue weighted by atomic mass is 10.0. The minimum atomic E-state index is 0.183. The Morgan fingerprint density at radius 1 is 1.21 bits per heavy atom. The van der Waals surface area contributed by atoms with E-state index in [-0.39, 0.29) is 5.75 Å². The van der Waals surface area contributed by atoms with E-state index in [2.05, 4.69) is 32.4 Å². The zero-order chi connectivity index (χ0) is 20.1. The van der Waals surface area contributed by atoms with E-state index in [9.17, 15) is 5.11 Å². The Kier molecular flexibility index (Phi) is 4.13. The molecule has 3 heterocycles. The van der Waals surface area contributed by atoms with Gasteiger partial charge < -0.3 is 15.3 Å². The van der Waals surface area contributed by atoms with Crippen LogP contribution in [0.3, 0.4) is 0 Å². The predicted molar refractivity (Wildman–Crippen MR) is 115 cm³/mol. The van der Waals surface area contributed by atoms with Crippen molar-refractivity contribution in [1.29, 1.82) is 0 Å². The first-order valence-corrected chi connectivity index (χ1v) is 9.89. The van der Waals surface area contributed by atoms with Crippen molar-refractivity contribution in [3.05, 3.63) is 42.2 Å². The Balaban J connectivity index is 1.54. The molecule has 7 heteroatoms. The maximum atomic E-state index is 10.7. The van der Waals surface area contributed by atoms with Crippen LogP contribution in [-0.2, 0) is 7.05 Å². The number of nitrogens with zero attached hydrogens (tertiary/aromatic N) is 5. The van der Waals surface area contributed by atoms with Crippen LogP contribution in [0.25, 0.3) is 33.2 Å². The van der Waals surface area contributed by atoms with Crippen LogP contribution in [0.1, 0.15) is 12.0 Å². The summed E-state index contributed by atoms with van der Waals surface area (Å²) in [4.78, 5) is 11.7. The van der Waals surface area contributed by atoms with Gasteiger partial charge in [-0.1, -0.05) is 0 Å². The molecule has 148 valence electrons. The molecule has 0 radical (unpaired) electrons. The van der Waals surface area contributed by atoms with Gasteiger partial charge in [-0.3, -0.25) is 4.68 Å². The smallest absolute Gasteiger partial charge is 0.163 e. The van der Waals surface area contributed by atoms with Gasteiger partial charge in [0.15, 0.2) is 5.82 Å². The highest BCUT2D eigenvalue weighted by atomic mass is 16.3. The van der Waals surface area contributed by atoms with Crippen LogP contribution < -0.4 is 10.2 Å². The average Bonchev–Trinajstić information content (AvgIpc) is 3.36.